The Hall–Kier alpha value is -0.310. The third-order valence-electron chi connectivity index (χ3n) is 2.99. The first-order chi connectivity index (χ1) is 9.32. The molecule has 12 heteroatoms. The number of unbranched alkanes of at least 4 members (excludes halogenated alkanes) is 1. The van der Waals surface area contributed by atoms with Crippen LogP contribution >= 0.6 is 15.2 Å². The van der Waals surface area contributed by atoms with Crippen LogP contribution in [0.2, 0.25) is 0 Å². The Bertz CT molecular complexity index is 423. The Morgan fingerprint density at radius 3 is 1.81 bits per heavy atom. The Balaban J connectivity index is 5.41. The van der Waals surface area contributed by atoms with Gasteiger partial charge in [0.25, 0.3) is 0 Å². The molecule has 0 heterocycles. The van der Waals surface area contributed by atoms with Crippen molar-refractivity contribution in [3.63, 3.8) is 0 Å². The molecule has 0 aliphatic heterocycles. The fraction of sp³-hybridized carbons (Fsp3) is 0.889. The van der Waals surface area contributed by atoms with Crippen molar-refractivity contribution in [2.24, 2.45) is 5.73 Å². The lowest BCUT2D eigenvalue weighted by Crippen LogP contribution is -2.53. The van der Waals surface area contributed by atoms with E-state index in [0.717, 1.165) is 0 Å². The van der Waals surface area contributed by atoms with Crippen LogP contribution < -0.4 is 5.73 Å². The van der Waals surface area contributed by atoms with Crippen LogP contribution in [-0.2, 0) is 13.9 Å². The van der Waals surface area contributed by atoms with Crippen molar-refractivity contribution in [2.75, 3.05) is 19.1 Å². The molecule has 0 aromatic carbocycles. The second-order valence-corrected chi connectivity index (χ2v) is 8.20. The molecule has 0 aliphatic carbocycles. The van der Waals surface area contributed by atoms with Crippen molar-refractivity contribution in [3.8, 4) is 0 Å². The molecular weight excluding hydrogens is 326 g/mol. The van der Waals surface area contributed by atoms with Gasteiger partial charge in [0.15, 0.2) is 0 Å². The van der Waals surface area contributed by atoms with Crippen molar-refractivity contribution in [1.29, 1.82) is 0 Å². The molecular formula is C9H22N2O8P2. The van der Waals surface area contributed by atoms with E-state index in [-0.39, 0.29) is 6.42 Å². The number of nitrogens with zero attached hydrogens (tertiary/aromatic N) is 1. The minimum atomic E-state index is -4.69. The van der Waals surface area contributed by atoms with Gasteiger partial charge in [-0.25, -0.2) is 0 Å². The fourth-order valence-electron chi connectivity index (χ4n) is 1.82. The second kappa shape index (κ2) is 7.80. The first kappa shape index (κ1) is 20.7. The Kier molecular flexibility index (Phi) is 7.69. The van der Waals surface area contributed by atoms with Gasteiger partial charge in [0.1, 0.15) is 18.1 Å². The van der Waals surface area contributed by atoms with E-state index in [9.17, 15) is 19.0 Å². The molecule has 0 fully saturated rings. The van der Waals surface area contributed by atoms with E-state index in [0.29, 0.717) is 24.3 Å². The highest BCUT2D eigenvalue weighted by Gasteiger charge is 2.44. The van der Waals surface area contributed by atoms with Crippen LogP contribution in [0.1, 0.15) is 26.2 Å². The van der Waals surface area contributed by atoms with Crippen LogP contribution in [0.5, 0.6) is 0 Å². The predicted molar refractivity (Wildman–Crippen MR) is 74.6 cm³/mol. The summed E-state index contributed by atoms with van der Waals surface area (Å²) in [6, 6.07) is 0. The number of carboxylic acids is 1. The molecule has 21 heavy (non-hydrogen) atoms. The fourth-order valence-corrected chi connectivity index (χ4v) is 3.69. The lowest BCUT2D eigenvalue weighted by Gasteiger charge is -2.37. The van der Waals surface area contributed by atoms with Crippen molar-refractivity contribution < 1.29 is 38.6 Å². The summed E-state index contributed by atoms with van der Waals surface area (Å²) in [5.41, 5.74) is 3.50. The van der Waals surface area contributed by atoms with E-state index in [4.69, 9.17) is 25.3 Å². The lowest BCUT2D eigenvalue weighted by atomic mass is 9.93. The number of rotatable bonds is 10. The zero-order chi connectivity index (χ0) is 16.9. The average molecular weight is 348 g/mol. The highest BCUT2D eigenvalue weighted by molar-refractivity contribution is 7.52. The van der Waals surface area contributed by atoms with Gasteiger partial charge in [0.2, 0.25) is 0 Å². The normalized spacial score (nSPS) is 16.0. The van der Waals surface area contributed by atoms with Gasteiger partial charge in [-0.1, -0.05) is 0 Å². The average Bonchev–Trinajstić information content (AvgIpc) is 2.24. The van der Waals surface area contributed by atoms with Crippen LogP contribution in [0, 0.1) is 0 Å². The number of hydrogen-bond acceptors (Lipinski definition) is 5. The van der Waals surface area contributed by atoms with E-state index < -0.39 is 39.3 Å². The summed E-state index contributed by atoms with van der Waals surface area (Å²) in [6.07, 6.45) is -1.31. The summed E-state index contributed by atoms with van der Waals surface area (Å²) in [4.78, 5) is 48.1. The number of nitrogens with two attached hydrogens (primary N) is 1. The maximum absolute atomic E-state index is 11.4. The summed E-state index contributed by atoms with van der Waals surface area (Å²) in [7, 11) is -9.38. The first-order valence-corrected chi connectivity index (χ1v) is 9.69. The van der Waals surface area contributed by atoms with Gasteiger partial charge >= 0.3 is 21.2 Å². The van der Waals surface area contributed by atoms with Crippen LogP contribution in [0.3, 0.4) is 0 Å². The summed E-state index contributed by atoms with van der Waals surface area (Å²) in [6.45, 7) is 1.49. The maximum atomic E-state index is 11.4. The molecule has 0 rings (SSSR count). The molecule has 0 aliphatic rings. The third kappa shape index (κ3) is 8.04. The second-order valence-electron chi connectivity index (χ2n) is 4.98. The molecule has 126 valence electrons. The quantitative estimate of drug-likeness (QED) is 0.223. The van der Waals surface area contributed by atoms with Gasteiger partial charge in [0, 0.05) is 0 Å². The van der Waals surface area contributed by atoms with Crippen LogP contribution in [-0.4, -0.2) is 60.2 Å². The van der Waals surface area contributed by atoms with Gasteiger partial charge in [0.05, 0.1) is 0 Å². The molecule has 0 saturated carbocycles. The summed E-state index contributed by atoms with van der Waals surface area (Å²) in [5, 5.41) is 9.32. The van der Waals surface area contributed by atoms with Gasteiger partial charge in [-0.05, 0) is 32.7 Å². The van der Waals surface area contributed by atoms with E-state index in [1.807, 2.05) is 0 Å². The van der Waals surface area contributed by atoms with Crippen LogP contribution in [0.4, 0.5) is 0 Å². The van der Waals surface area contributed by atoms with Gasteiger partial charge < -0.3 is 30.4 Å². The molecule has 0 aromatic rings. The molecule has 0 spiro atoms. The molecule has 0 unspecified atom stereocenters. The molecule has 0 saturated heterocycles. The first-order valence-electron chi connectivity index (χ1n) is 6.09. The number of hydrogen-bond donors (Lipinski definition) is 6. The number of aliphatic carboxylic acids is 1. The van der Waals surface area contributed by atoms with Gasteiger partial charge in [-0.3, -0.25) is 18.8 Å². The minimum Gasteiger partial charge on any atom is -0.480 e. The molecule has 0 aromatic heterocycles. The zero-order valence-electron chi connectivity index (χ0n) is 11.6. The summed E-state index contributed by atoms with van der Waals surface area (Å²) < 4.78 is 22.2. The summed E-state index contributed by atoms with van der Waals surface area (Å²) >= 11 is 0. The minimum absolute atomic E-state index is 0.0421. The number of carbonyl (C=O) groups is 1. The summed E-state index contributed by atoms with van der Waals surface area (Å²) in [5.74, 6) is -1.42. The topological polar surface area (TPSA) is 182 Å². The largest absolute Gasteiger partial charge is 0.480 e. The highest BCUT2D eigenvalue weighted by Crippen LogP contribution is 2.44. The highest BCUT2D eigenvalue weighted by atomic mass is 31.2. The van der Waals surface area contributed by atoms with Crippen LogP contribution in [0.15, 0.2) is 0 Å². The predicted octanol–water partition coefficient (Wildman–Crippen LogP) is -0.469. The van der Waals surface area contributed by atoms with Gasteiger partial charge in [-0.2, -0.15) is 0 Å². The SMILES string of the molecule is C[C@](CCCCN)(C(=O)O)N(CP(=O)(O)O)CP(=O)(O)O. The number of carboxylic acid groups (broad SMARTS) is 1. The lowest BCUT2D eigenvalue weighted by molar-refractivity contribution is -0.150. The molecule has 7 N–H and O–H groups in total. The Morgan fingerprint density at radius 2 is 1.52 bits per heavy atom. The van der Waals surface area contributed by atoms with Crippen molar-refractivity contribution in [1.82, 2.24) is 4.90 Å². The van der Waals surface area contributed by atoms with E-state index in [2.05, 4.69) is 0 Å². The van der Waals surface area contributed by atoms with Crippen molar-refractivity contribution >= 4 is 21.2 Å². The van der Waals surface area contributed by atoms with E-state index in [1.54, 1.807) is 0 Å². The standard InChI is InChI=1S/C9H22N2O8P2/c1-9(8(12)13,4-2-3-5-10)11(6-20(14,15)16)7-21(17,18)19/h2-7,10H2,1H3,(H,12,13)(H2,14,15,16)(H2,17,18,19)/t9-/m0/s1. The van der Waals surface area contributed by atoms with E-state index >= 15 is 0 Å². The van der Waals surface area contributed by atoms with Crippen molar-refractivity contribution in [3.05, 3.63) is 0 Å². The van der Waals surface area contributed by atoms with Gasteiger partial charge in [-0.15, -0.1) is 0 Å². The maximum Gasteiger partial charge on any atom is 0.339 e. The molecule has 10 nitrogen and oxygen atoms in total. The molecule has 0 amide bonds. The van der Waals surface area contributed by atoms with Crippen molar-refractivity contribution in [2.45, 2.75) is 31.7 Å². The zero-order valence-corrected chi connectivity index (χ0v) is 13.4. The molecule has 0 radical (unpaired) electrons. The van der Waals surface area contributed by atoms with Crippen LogP contribution in [0.25, 0.3) is 0 Å². The Labute approximate surface area is 122 Å². The third-order valence-corrected chi connectivity index (χ3v) is 4.41. The molecule has 0 bridgehead atoms. The van der Waals surface area contributed by atoms with E-state index in [1.165, 1.54) is 6.92 Å². The smallest absolute Gasteiger partial charge is 0.339 e. The monoisotopic (exact) mass is 348 g/mol. The Morgan fingerprint density at radius 1 is 1.10 bits per heavy atom. The molecule has 1 atom stereocenters.